The number of allylic oxidation sites excluding steroid dienone is 1. The molecule has 0 aromatic heterocycles. The highest BCUT2D eigenvalue weighted by Gasteiger charge is 2.39. The first kappa shape index (κ1) is 18.8. The highest BCUT2D eigenvalue weighted by atomic mass is 19.4. The molecule has 0 radical (unpaired) electrons. The van der Waals surface area contributed by atoms with Gasteiger partial charge in [0.05, 0.1) is 0 Å². The second kappa shape index (κ2) is 9.10. The maximum Gasteiger partial charge on any atom is 0.414 e. The zero-order valence-electron chi connectivity index (χ0n) is 14.3. The van der Waals surface area contributed by atoms with Gasteiger partial charge in [-0.2, -0.15) is 13.2 Å². The van der Waals surface area contributed by atoms with E-state index in [-0.39, 0.29) is 13.0 Å². The zero-order chi connectivity index (χ0) is 16.7. The molecule has 2 saturated carbocycles. The van der Waals surface area contributed by atoms with Gasteiger partial charge in [-0.1, -0.05) is 44.3 Å². The van der Waals surface area contributed by atoms with Crippen LogP contribution in [0.3, 0.4) is 0 Å². The molecule has 4 heteroatoms. The maximum absolute atomic E-state index is 12.8. The molecule has 0 N–H and O–H groups in total. The first-order chi connectivity index (χ1) is 11.0. The van der Waals surface area contributed by atoms with Gasteiger partial charge in [0.2, 0.25) is 0 Å². The molecule has 0 bridgehead atoms. The highest BCUT2D eigenvalue weighted by Crippen LogP contribution is 2.40. The van der Waals surface area contributed by atoms with Crippen molar-refractivity contribution in [1.29, 1.82) is 0 Å². The summed E-state index contributed by atoms with van der Waals surface area (Å²) in [4.78, 5) is 0. The average molecular weight is 332 g/mol. The molecule has 1 atom stereocenters. The average Bonchev–Trinajstić information content (AvgIpc) is 2.54. The van der Waals surface area contributed by atoms with Gasteiger partial charge in [0, 0.05) is 13.0 Å². The third-order valence-electron chi connectivity index (χ3n) is 5.62. The monoisotopic (exact) mass is 332 g/mol. The third kappa shape index (κ3) is 6.13. The second-order valence-corrected chi connectivity index (χ2v) is 7.22. The lowest BCUT2D eigenvalue weighted by atomic mass is 9.71. The van der Waals surface area contributed by atoms with Crippen molar-refractivity contribution in [2.75, 3.05) is 6.61 Å². The Morgan fingerprint density at radius 2 is 1.57 bits per heavy atom. The Balaban J connectivity index is 1.72. The molecule has 2 aliphatic carbocycles. The van der Waals surface area contributed by atoms with Crippen LogP contribution in [0.25, 0.3) is 0 Å². The lowest BCUT2D eigenvalue weighted by Crippen LogP contribution is -2.31. The zero-order valence-corrected chi connectivity index (χ0v) is 14.3. The summed E-state index contributed by atoms with van der Waals surface area (Å²) in [7, 11) is 0. The van der Waals surface area contributed by atoms with Crippen LogP contribution < -0.4 is 0 Å². The molecule has 1 unspecified atom stereocenters. The van der Waals surface area contributed by atoms with Gasteiger partial charge in [0.25, 0.3) is 0 Å². The van der Waals surface area contributed by atoms with E-state index in [1.165, 1.54) is 44.9 Å². The molecular formula is C19H31F3O. The van der Waals surface area contributed by atoms with Crippen molar-refractivity contribution in [3.05, 3.63) is 12.2 Å². The fourth-order valence-electron chi connectivity index (χ4n) is 4.31. The van der Waals surface area contributed by atoms with E-state index in [0.29, 0.717) is 5.92 Å². The van der Waals surface area contributed by atoms with Crippen LogP contribution in [-0.4, -0.2) is 18.9 Å². The Kier molecular flexibility index (Phi) is 7.45. The Morgan fingerprint density at radius 3 is 2.13 bits per heavy atom. The van der Waals surface area contributed by atoms with Crippen molar-refractivity contribution in [1.82, 2.24) is 0 Å². The van der Waals surface area contributed by atoms with E-state index < -0.39 is 12.3 Å². The molecule has 2 aliphatic rings. The fourth-order valence-corrected chi connectivity index (χ4v) is 4.31. The van der Waals surface area contributed by atoms with Crippen LogP contribution in [0.4, 0.5) is 13.2 Å². The topological polar surface area (TPSA) is 9.23 Å². The SMILES string of the molecule is CCOC(CC=C[C@H]1CC[C@H](C2CCCCC2)CC1)C(F)(F)F. The van der Waals surface area contributed by atoms with E-state index in [4.69, 9.17) is 4.74 Å². The van der Waals surface area contributed by atoms with E-state index in [0.717, 1.165) is 24.7 Å². The van der Waals surface area contributed by atoms with Gasteiger partial charge in [-0.05, 0) is 50.4 Å². The molecule has 0 spiro atoms. The summed E-state index contributed by atoms with van der Waals surface area (Å²) < 4.78 is 43.1. The Bertz CT molecular complexity index is 350. The molecule has 2 fully saturated rings. The molecule has 0 aliphatic heterocycles. The Morgan fingerprint density at radius 1 is 0.957 bits per heavy atom. The quantitative estimate of drug-likeness (QED) is 0.520. The third-order valence-corrected chi connectivity index (χ3v) is 5.62. The van der Waals surface area contributed by atoms with Gasteiger partial charge in [0.1, 0.15) is 0 Å². The number of ether oxygens (including phenoxy) is 1. The molecule has 0 saturated heterocycles. The molecule has 0 heterocycles. The predicted octanol–water partition coefficient (Wildman–Crippen LogP) is 6.29. The maximum atomic E-state index is 12.8. The lowest BCUT2D eigenvalue weighted by Gasteiger charge is -2.35. The van der Waals surface area contributed by atoms with Gasteiger partial charge in [-0.3, -0.25) is 0 Å². The van der Waals surface area contributed by atoms with Gasteiger partial charge in [-0.25, -0.2) is 0 Å². The summed E-state index contributed by atoms with van der Waals surface area (Å²) >= 11 is 0. The Labute approximate surface area is 138 Å². The number of alkyl halides is 3. The molecule has 23 heavy (non-hydrogen) atoms. The van der Waals surface area contributed by atoms with Gasteiger partial charge >= 0.3 is 6.18 Å². The summed E-state index contributed by atoms with van der Waals surface area (Å²) in [6.45, 7) is 1.71. The van der Waals surface area contributed by atoms with Crippen molar-refractivity contribution in [2.45, 2.75) is 83.4 Å². The molecule has 2 rings (SSSR count). The Hall–Kier alpha value is -0.510. The van der Waals surface area contributed by atoms with Crippen LogP contribution in [0.1, 0.15) is 71.1 Å². The van der Waals surface area contributed by atoms with E-state index in [1.54, 1.807) is 13.0 Å². The van der Waals surface area contributed by atoms with Crippen LogP contribution in [-0.2, 0) is 4.74 Å². The minimum Gasteiger partial charge on any atom is -0.369 e. The van der Waals surface area contributed by atoms with Crippen molar-refractivity contribution in [2.24, 2.45) is 17.8 Å². The standard InChI is InChI=1S/C19H31F3O/c1-2-23-18(19(20,21)22)10-6-7-15-11-13-17(14-12-15)16-8-4-3-5-9-16/h6-7,15-18H,2-5,8-14H2,1H3/t15-,17-,18?. The summed E-state index contributed by atoms with van der Waals surface area (Å²) in [5.41, 5.74) is 0. The normalized spacial score (nSPS) is 29.0. The lowest BCUT2D eigenvalue weighted by molar-refractivity contribution is -0.217. The number of hydrogen-bond donors (Lipinski definition) is 0. The summed E-state index contributed by atoms with van der Waals surface area (Å²) in [5.74, 6) is 2.25. The van der Waals surface area contributed by atoms with E-state index in [2.05, 4.69) is 0 Å². The first-order valence-corrected chi connectivity index (χ1v) is 9.35. The fraction of sp³-hybridized carbons (Fsp3) is 0.895. The van der Waals surface area contributed by atoms with E-state index in [9.17, 15) is 13.2 Å². The van der Waals surface area contributed by atoms with Crippen LogP contribution >= 0.6 is 0 Å². The number of rotatable bonds is 6. The molecule has 134 valence electrons. The van der Waals surface area contributed by atoms with E-state index in [1.807, 2.05) is 6.08 Å². The summed E-state index contributed by atoms with van der Waals surface area (Å²) in [5, 5.41) is 0. The van der Waals surface area contributed by atoms with Crippen LogP contribution in [0, 0.1) is 17.8 Å². The first-order valence-electron chi connectivity index (χ1n) is 9.35. The minimum absolute atomic E-state index is 0.0557. The van der Waals surface area contributed by atoms with Crippen molar-refractivity contribution in [3.8, 4) is 0 Å². The molecular weight excluding hydrogens is 301 g/mol. The van der Waals surface area contributed by atoms with Crippen LogP contribution in [0.2, 0.25) is 0 Å². The molecule has 0 aromatic carbocycles. The summed E-state index contributed by atoms with van der Waals surface area (Å²) in [6.07, 6.45) is 9.50. The molecule has 1 nitrogen and oxygen atoms in total. The van der Waals surface area contributed by atoms with Gasteiger partial charge in [-0.15, -0.1) is 0 Å². The van der Waals surface area contributed by atoms with Crippen molar-refractivity contribution in [3.63, 3.8) is 0 Å². The van der Waals surface area contributed by atoms with E-state index >= 15 is 0 Å². The predicted molar refractivity (Wildman–Crippen MR) is 87.2 cm³/mol. The second-order valence-electron chi connectivity index (χ2n) is 7.22. The molecule has 0 aromatic rings. The largest absolute Gasteiger partial charge is 0.414 e. The van der Waals surface area contributed by atoms with Gasteiger partial charge in [0.15, 0.2) is 6.10 Å². The van der Waals surface area contributed by atoms with Crippen molar-refractivity contribution >= 4 is 0 Å². The summed E-state index contributed by atoms with van der Waals surface area (Å²) in [6, 6.07) is 0. The smallest absolute Gasteiger partial charge is 0.369 e. The molecule has 0 amide bonds. The van der Waals surface area contributed by atoms with Crippen LogP contribution in [0.15, 0.2) is 12.2 Å². The van der Waals surface area contributed by atoms with Crippen LogP contribution in [0.5, 0.6) is 0 Å². The minimum atomic E-state index is -4.26. The number of halogens is 3. The van der Waals surface area contributed by atoms with Crippen molar-refractivity contribution < 1.29 is 17.9 Å². The number of hydrogen-bond acceptors (Lipinski definition) is 1. The van der Waals surface area contributed by atoms with Gasteiger partial charge < -0.3 is 4.74 Å². The highest BCUT2D eigenvalue weighted by molar-refractivity contribution is 4.94.